The van der Waals surface area contributed by atoms with Gasteiger partial charge >= 0.3 is 5.97 Å². The van der Waals surface area contributed by atoms with Crippen molar-refractivity contribution in [1.82, 2.24) is 0 Å². The Bertz CT molecular complexity index is 196. The Balaban J connectivity index is 2.56. The van der Waals surface area contributed by atoms with E-state index >= 15 is 0 Å². The summed E-state index contributed by atoms with van der Waals surface area (Å²) >= 11 is 0. The van der Waals surface area contributed by atoms with E-state index in [9.17, 15) is 4.79 Å². The monoisotopic (exact) mass is 170 g/mol. The average Bonchev–Trinajstić information content (AvgIpc) is 1.97. The molecule has 1 unspecified atom stereocenters. The smallest absolute Gasteiger partial charge is 0.334 e. The summed E-state index contributed by atoms with van der Waals surface area (Å²) < 4.78 is 5.08. The van der Waals surface area contributed by atoms with Gasteiger partial charge in [0.2, 0.25) is 0 Å². The van der Waals surface area contributed by atoms with E-state index in [1.807, 2.05) is 0 Å². The van der Waals surface area contributed by atoms with Gasteiger partial charge in [0, 0.05) is 0 Å². The molecule has 0 saturated heterocycles. The van der Waals surface area contributed by atoms with Gasteiger partial charge in [-0.1, -0.05) is 6.92 Å². The number of rotatable bonds is 1. The zero-order valence-corrected chi connectivity index (χ0v) is 7.25. The fourth-order valence-electron chi connectivity index (χ4n) is 1.19. The van der Waals surface area contributed by atoms with Crippen LogP contribution in [0, 0.1) is 5.92 Å². The molecule has 0 radical (unpaired) electrons. The highest BCUT2D eigenvalue weighted by molar-refractivity contribution is 5.86. The van der Waals surface area contributed by atoms with Crippen LogP contribution in [0.3, 0.4) is 0 Å². The summed E-state index contributed by atoms with van der Waals surface area (Å²) in [5.41, 5.74) is 0.390. The summed E-state index contributed by atoms with van der Waals surface area (Å²) in [5.74, 6) is -0.294. The third-order valence-electron chi connectivity index (χ3n) is 2.14. The van der Waals surface area contributed by atoms with Crippen molar-refractivity contribution in [3.05, 3.63) is 11.8 Å². The van der Waals surface area contributed by atoms with Gasteiger partial charge in [0.1, 0.15) is 0 Å². The van der Waals surface area contributed by atoms with Gasteiger partial charge in [0.15, 0.2) is 0 Å². The summed E-state index contributed by atoms with van der Waals surface area (Å²) in [6.45, 7) is 2.76. The number of carboxylic acid groups (broad SMARTS) is 1. The third-order valence-corrected chi connectivity index (χ3v) is 2.14. The molecule has 0 saturated carbocycles. The molecular formula is C9H14O3. The predicted octanol–water partition coefficient (Wildman–Crippen LogP) is 1.79. The molecule has 0 spiro atoms. The van der Waals surface area contributed by atoms with Crippen LogP contribution in [-0.4, -0.2) is 17.7 Å². The molecule has 1 rings (SSSR count). The number of hydrogen-bond donors (Lipinski definition) is 1. The summed E-state index contributed by atoms with van der Waals surface area (Å²) in [5, 5.41) is 8.69. The van der Waals surface area contributed by atoms with Crippen molar-refractivity contribution in [3.8, 4) is 0 Å². The average molecular weight is 170 g/mol. The molecule has 3 nitrogen and oxygen atoms in total. The molecule has 0 aromatic heterocycles. The maximum atomic E-state index is 10.6. The molecule has 0 amide bonds. The van der Waals surface area contributed by atoms with E-state index in [0.717, 1.165) is 12.8 Å². The first-order valence-corrected chi connectivity index (χ1v) is 4.24. The van der Waals surface area contributed by atoms with Crippen molar-refractivity contribution in [2.24, 2.45) is 5.92 Å². The summed E-state index contributed by atoms with van der Waals surface area (Å²) in [4.78, 5) is 10.6. The lowest BCUT2D eigenvalue weighted by Crippen LogP contribution is -2.09. The molecular weight excluding hydrogens is 156 g/mol. The number of carboxylic acids is 1. The molecule has 1 aliphatic heterocycles. The summed E-state index contributed by atoms with van der Waals surface area (Å²) in [7, 11) is 0. The van der Waals surface area contributed by atoms with Gasteiger partial charge in [-0.3, -0.25) is 0 Å². The van der Waals surface area contributed by atoms with E-state index in [4.69, 9.17) is 9.84 Å². The van der Waals surface area contributed by atoms with Crippen LogP contribution in [0.2, 0.25) is 0 Å². The van der Waals surface area contributed by atoms with Gasteiger partial charge in [0.25, 0.3) is 0 Å². The largest absolute Gasteiger partial charge is 0.501 e. The number of hydrogen-bond acceptors (Lipinski definition) is 2. The lowest BCUT2D eigenvalue weighted by Gasteiger charge is -2.14. The Labute approximate surface area is 72.0 Å². The molecule has 0 aromatic rings. The van der Waals surface area contributed by atoms with Crippen LogP contribution in [0.5, 0.6) is 0 Å². The summed E-state index contributed by atoms with van der Waals surface area (Å²) in [6, 6.07) is 0. The number of carbonyl (C=O) groups is 1. The van der Waals surface area contributed by atoms with Crippen molar-refractivity contribution in [2.75, 3.05) is 6.61 Å². The van der Waals surface area contributed by atoms with E-state index in [0.29, 0.717) is 24.5 Å². The third kappa shape index (κ3) is 2.57. The highest BCUT2D eigenvalue weighted by atomic mass is 16.5. The van der Waals surface area contributed by atoms with E-state index in [1.54, 1.807) is 0 Å². The second kappa shape index (κ2) is 4.14. The molecule has 0 aromatic carbocycles. The first-order valence-electron chi connectivity index (χ1n) is 4.24. The highest BCUT2D eigenvalue weighted by Crippen LogP contribution is 2.18. The second-order valence-electron chi connectivity index (χ2n) is 3.25. The second-order valence-corrected chi connectivity index (χ2v) is 3.25. The molecule has 0 bridgehead atoms. The molecule has 0 fully saturated rings. The Morgan fingerprint density at radius 2 is 2.42 bits per heavy atom. The van der Waals surface area contributed by atoms with Gasteiger partial charge in [-0.25, -0.2) is 4.79 Å². The molecule has 12 heavy (non-hydrogen) atoms. The summed E-state index contributed by atoms with van der Waals surface area (Å²) in [6.07, 6.45) is 3.97. The van der Waals surface area contributed by atoms with Crippen molar-refractivity contribution < 1.29 is 14.6 Å². The Hall–Kier alpha value is -0.990. The first kappa shape index (κ1) is 9.10. The highest BCUT2D eigenvalue weighted by Gasteiger charge is 2.12. The van der Waals surface area contributed by atoms with Gasteiger partial charge in [-0.05, 0) is 25.2 Å². The lowest BCUT2D eigenvalue weighted by atomic mass is 9.98. The maximum absolute atomic E-state index is 10.6. The standard InChI is InChI=1S/C9H14O3/c1-7-2-3-8(9(10)11)6-12-5-4-7/h6-7H,2-5H2,1H3,(H,10,11)/b8-6+. The van der Waals surface area contributed by atoms with Crippen molar-refractivity contribution in [1.29, 1.82) is 0 Å². The van der Waals surface area contributed by atoms with Gasteiger partial charge in [-0.2, -0.15) is 0 Å². The molecule has 1 aliphatic rings. The number of ether oxygens (including phenoxy) is 1. The molecule has 68 valence electrons. The van der Waals surface area contributed by atoms with E-state index in [1.165, 1.54) is 6.26 Å². The Morgan fingerprint density at radius 3 is 3.08 bits per heavy atom. The Morgan fingerprint density at radius 1 is 1.67 bits per heavy atom. The fourth-order valence-corrected chi connectivity index (χ4v) is 1.19. The van der Waals surface area contributed by atoms with Crippen molar-refractivity contribution in [3.63, 3.8) is 0 Å². The predicted molar refractivity (Wildman–Crippen MR) is 44.7 cm³/mol. The lowest BCUT2D eigenvalue weighted by molar-refractivity contribution is -0.133. The molecule has 1 heterocycles. The van der Waals surface area contributed by atoms with E-state index in [2.05, 4.69) is 6.92 Å². The zero-order chi connectivity index (χ0) is 8.97. The van der Waals surface area contributed by atoms with Crippen LogP contribution in [0.15, 0.2) is 11.8 Å². The SMILES string of the molecule is CC1CCO/C=C(/C(=O)O)CC1. The Kier molecular flexibility index (Phi) is 3.14. The molecule has 3 heteroatoms. The quantitative estimate of drug-likeness (QED) is 0.652. The van der Waals surface area contributed by atoms with Gasteiger partial charge < -0.3 is 9.84 Å². The van der Waals surface area contributed by atoms with Crippen LogP contribution in [0.1, 0.15) is 26.2 Å². The normalized spacial score (nSPS) is 29.1. The van der Waals surface area contributed by atoms with Crippen LogP contribution < -0.4 is 0 Å². The fraction of sp³-hybridized carbons (Fsp3) is 0.667. The van der Waals surface area contributed by atoms with E-state index < -0.39 is 5.97 Å². The first-order chi connectivity index (χ1) is 5.70. The zero-order valence-electron chi connectivity index (χ0n) is 7.25. The molecule has 1 atom stereocenters. The van der Waals surface area contributed by atoms with Crippen molar-refractivity contribution in [2.45, 2.75) is 26.2 Å². The minimum absolute atomic E-state index is 0.390. The van der Waals surface area contributed by atoms with Gasteiger partial charge in [0.05, 0.1) is 18.4 Å². The van der Waals surface area contributed by atoms with Gasteiger partial charge in [-0.15, -0.1) is 0 Å². The molecule has 1 N–H and O–H groups in total. The van der Waals surface area contributed by atoms with Crippen LogP contribution in [0.25, 0.3) is 0 Å². The minimum atomic E-state index is -0.857. The van der Waals surface area contributed by atoms with Crippen LogP contribution >= 0.6 is 0 Å². The molecule has 0 aliphatic carbocycles. The number of aliphatic carboxylic acids is 1. The van der Waals surface area contributed by atoms with Crippen LogP contribution in [0.4, 0.5) is 0 Å². The van der Waals surface area contributed by atoms with Crippen LogP contribution in [-0.2, 0) is 9.53 Å². The minimum Gasteiger partial charge on any atom is -0.501 e. The topological polar surface area (TPSA) is 46.5 Å². The van der Waals surface area contributed by atoms with Crippen molar-refractivity contribution >= 4 is 5.97 Å². The van der Waals surface area contributed by atoms with E-state index in [-0.39, 0.29) is 0 Å². The maximum Gasteiger partial charge on any atom is 0.334 e.